The molecule has 19 heavy (non-hydrogen) atoms. The largest absolute Gasteiger partial charge is 0.339 e. The first-order valence-corrected chi connectivity index (χ1v) is 7.58. The number of rotatable bonds is 5. The summed E-state index contributed by atoms with van der Waals surface area (Å²) in [6.07, 6.45) is 3.67. The van der Waals surface area contributed by atoms with Gasteiger partial charge in [0.15, 0.2) is 5.82 Å². The molecule has 1 aromatic rings. The lowest BCUT2D eigenvalue weighted by Gasteiger charge is -2.32. The monoisotopic (exact) mass is 264 g/mol. The van der Waals surface area contributed by atoms with Crippen LogP contribution >= 0.6 is 0 Å². The molecule has 1 aliphatic carbocycles. The summed E-state index contributed by atoms with van der Waals surface area (Å²) in [5, 5.41) is 7.63. The Labute approximate surface area is 114 Å². The van der Waals surface area contributed by atoms with Crippen LogP contribution in [0.4, 0.5) is 0 Å². The Morgan fingerprint density at radius 3 is 2.74 bits per heavy atom. The minimum atomic E-state index is 0.311. The Morgan fingerprint density at radius 2 is 2.11 bits per heavy atom. The minimum absolute atomic E-state index is 0.311. The molecular weight excluding hydrogens is 240 g/mol. The van der Waals surface area contributed by atoms with Gasteiger partial charge >= 0.3 is 0 Å². The van der Waals surface area contributed by atoms with Crippen LogP contribution in [0.2, 0.25) is 0 Å². The van der Waals surface area contributed by atoms with Crippen LogP contribution in [-0.2, 0) is 0 Å². The third kappa shape index (κ3) is 2.82. The first-order chi connectivity index (χ1) is 9.29. The van der Waals surface area contributed by atoms with Crippen LogP contribution in [0.1, 0.15) is 56.8 Å². The van der Waals surface area contributed by atoms with Crippen molar-refractivity contribution in [3.05, 3.63) is 11.7 Å². The molecule has 0 aromatic carbocycles. The first-order valence-electron chi connectivity index (χ1n) is 7.58. The van der Waals surface area contributed by atoms with Crippen LogP contribution < -0.4 is 5.32 Å². The fourth-order valence-electron chi connectivity index (χ4n) is 2.96. The van der Waals surface area contributed by atoms with E-state index in [1.165, 1.54) is 12.8 Å². The summed E-state index contributed by atoms with van der Waals surface area (Å²) < 4.78 is 5.50. The molecule has 2 fully saturated rings. The van der Waals surface area contributed by atoms with Gasteiger partial charge in [0, 0.05) is 32.1 Å². The van der Waals surface area contributed by atoms with Crippen LogP contribution in [-0.4, -0.2) is 41.2 Å². The molecule has 1 saturated heterocycles. The zero-order valence-electron chi connectivity index (χ0n) is 11.9. The van der Waals surface area contributed by atoms with E-state index in [1.54, 1.807) is 0 Å². The zero-order valence-corrected chi connectivity index (χ0v) is 11.9. The normalized spacial score (nSPS) is 24.3. The van der Waals surface area contributed by atoms with Gasteiger partial charge in [-0.3, -0.25) is 4.90 Å². The Bertz CT molecular complexity index is 409. The summed E-state index contributed by atoms with van der Waals surface area (Å²) in [6, 6.07) is 0.311. The highest BCUT2D eigenvalue weighted by molar-refractivity contribution is 5.02. The SMILES string of the molecule is CCC(c1noc(C(C)C2CC2)n1)N1CCNCC1. The quantitative estimate of drug-likeness (QED) is 0.881. The summed E-state index contributed by atoms with van der Waals surface area (Å²) in [5.74, 6) is 2.92. The van der Waals surface area contributed by atoms with E-state index in [0.717, 1.165) is 50.2 Å². The lowest BCUT2D eigenvalue weighted by atomic mass is 10.1. The highest BCUT2D eigenvalue weighted by Gasteiger charge is 2.33. The highest BCUT2D eigenvalue weighted by Crippen LogP contribution is 2.41. The van der Waals surface area contributed by atoms with Crippen LogP contribution in [0.15, 0.2) is 4.52 Å². The minimum Gasteiger partial charge on any atom is -0.339 e. The Balaban J connectivity index is 1.71. The number of aromatic nitrogens is 2. The second-order valence-electron chi connectivity index (χ2n) is 5.83. The van der Waals surface area contributed by atoms with Crippen molar-refractivity contribution in [1.82, 2.24) is 20.4 Å². The average molecular weight is 264 g/mol. The molecule has 1 N–H and O–H groups in total. The van der Waals surface area contributed by atoms with Crippen LogP contribution in [0.25, 0.3) is 0 Å². The summed E-state index contributed by atoms with van der Waals surface area (Å²) in [7, 11) is 0. The summed E-state index contributed by atoms with van der Waals surface area (Å²) in [5.41, 5.74) is 0. The molecule has 1 aromatic heterocycles. The molecule has 2 unspecified atom stereocenters. The molecular formula is C14H24N4O. The number of hydrogen-bond donors (Lipinski definition) is 1. The lowest BCUT2D eigenvalue weighted by molar-refractivity contribution is 0.160. The summed E-state index contributed by atoms with van der Waals surface area (Å²) >= 11 is 0. The third-order valence-corrected chi connectivity index (χ3v) is 4.45. The van der Waals surface area contributed by atoms with Gasteiger partial charge in [0.05, 0.1) is 6.04 Å². The van der Waals surface area contributed by atoms with Crippen LogP contribution in [0.5, 0.6) is 0 Å². The Kier molecular flexibility index (Phi) is 3.84. The fourth-order valence-corrected chi connectivity index (χ4v) is 2.96. The Hall–Kier alpha value is -0.940. The van der Waals surface area contributed by atoms with Crippen molar-refractivity contribution in [3.63, 3.8) is 0 Å². The van der Waals surface area contributed by atoms with Crippen molar-refractivity contribution in [1.29, 1.82) is 0 Å². The Morgan fingerprint density at radius 1 is 1.37 bits per heavy atom. The third-order valence-electron chi connectivity index (χ3n) is 4.45. The highest BCUT2D eigenvalue weighted by atomic mass is 16.5. The second-order valence-corrected chi connectivity index (χ2v) is 5.83. The van der Waals surface area contributed by atoms with E-state index >= 15 is 0 Å². The van der Waals surface area contributed by atoms with E-state index in [4.69, 9.17) is 4.52 Å². The van der Waals surface area contributed by atoms with Gasteiger partial charge in [-0.1, -0.05) is 19.0 Å². The smallest absolute Gasteiger partial charge is 0.229 e. The molecule has 1 saturated carbocycles. The molecule has 106 valence electrons. The number of nitrogens with zero attached hydrogens (tertiary/aromatic N) is 3. The maximum absolute atomic E-state index is 5.50. The molecule has 2 aliphatic rings. The van der Waals surface area contributed by atoms with E-state index in [0.29, 0.717) is 12.0 Å². The molecule has 0 radical (unpaired) electrons. The fraction of sp³-hybridized carbons (Fsp3) is 0.857. The van der Waals surface area contributed by atoms with Crippen LogP contribution in [0.3, 0.4) is 0 Å². The van der Waals surface area contributed by atoms with E-state index < -0.39 is 0 Å². The molecule has 5 heteroatoms. The number of piperazine rings is 1. The van der Waals surface area contributed by atoms with Gasteiger partial charge < -0.3 is 9.84 Å². The lowest BCUT2D eigenvalue weighted by Crippen LogP contribution is -2.45. The first kappa shape index (κ1) is 13.1. The van der Waals surface area contributed by atoms with Gasteiger partial charge in [-0.15, -0.1) is 0 Å². The van der Waals surface area contributed by atoms with Crippen molar-refractivity contribution in [3.8, 4) is 0 Å². The maximum Gasteiger partial charge on any atom is 0.229 e. The van der Waals surface area contributed by atoms with E-state index in [2.05, 4.69) is 34.2 Å². The zero-order chi connectivity index (χ0) is 13.2. The molecule has 0 bridgehead atoms. The molecule has 3 rings (SSSR count). The maximum atomic E-state index is 5.50. The van der Waals surface area contributed by atoms with Gasteiger partial charge in [0.2, 0.25) is 5.89 Å². The van der Waals surface area contributed by atoms with Crippen molar-refractivity contribution >= 4 is 0 Å². The van der Waals surface area contributed by atoms with E-state index in [1.807, 2.05) is 0 Å². The summed E-state index contributed by atoms with van der Waals surface area (Å²) in [6.45, 7) is 8.66. The molecule has 0 amide bonds. The predicted octanol–water partition coefficient (Wildman–Crippen LogP) is 1.94. The second kappa shape index (κ2) is 5.59. The average Bonchev–Trinajstić information content (AvgIpc) is 3.19. The van der Waals surface area contributed by atoms with Gasteiger partial charge in [-0.25, -0.2) is 0 Å². The molecule has 0 spiro atoms. The summed E-state index contributed by atoms with van der Waals surface area (Å²) in [4.78, 5) is 7.14. The molecule has 1 aliphatic heterocycles. The van der Waals surface area contributed by atoms with Crippen molar-refractivity contribution in [2.75, 3.05) is 26.2 Å². The number of hydrogen-bond acceptors (Lipinski definition) is 5. The van der Waals surface area contributed by atoms with Crippen molar-refractivity contribution in [2.45, 2.75) is 45.1 Å². The predicted molar refractivity (Wildman–Crippen MR) is 72.9 cm³/mol. The van der Waals surface area contributed by atoms with Gasteiger partial charge in [-0.05, 0) is 25.2 Å². The molecule has 5 nitrogen and oxygen atoms in total. The molecule has 2 heterocycles. The topological polar surface area (TPSA) is 54.2 Å². The number of nitrogens with one attached hydrogen (secondary N) is 1. The van der Waals surface area contributed by atoms with Gasteiger partial charge in [0.1, 0.15) is 0 Å². The van der Waals surface area contributed by atoms with Crippen molar-refractivity contribution in [2.24, 2.45) is 5.92 Å². The van der Waals surface area contributed by atoms with Gasteiger partial charge in [0.25, 0.3) is 0 Å². The molecule has 2 atom stereocenters. The van der Waals surface area contributed by atoms with Crippen molar-refractivity contribution < 1.29 is 4.52 Å². The standard InChI is InChI=1S/C14H24N4O/c1-3-12(18-8-6-15-7-9-18)13-16-14(19-17-13)10(2)11-4-5-11/h10-12,15H,3-9H2,1-2H3. The van der Waals surface area contributed by atoms with E-state index in [9.17, 15) is 0 Å². The van der Waals surface area contributed by atoms with E-state index in [-0.39, 0.29) is 0 Å². The van der Waals surface area contributed by atoms with Crippen LogP contribution in [0, 0.1) is 5.92 Å². The van der Waals surface area contributed by atoms with Gasteiger partial charge in [-0.2, -0.15) is 4.98 Å².